The summed E-state index contributed by atoms with van der Waals surface area (Å²) in [6.07, 6.45) is 15.1. The van der Waals surface area contributed by atoms with Gasteiger partial charge in [0.15, 0.2) is 0 Å². The minimum Gasteiger partial charge on any atom is -0.130 e. The Morgan fingerprint density at radius 2 is 1.62 bits per heavy atom. The van der Waals surface area contributed by atoms with Crippen molar-refractivity contribution >= 4 is 17.3 Å². The van der Waals surface area contributed by atoms with E-state index in [0.717, 1.165) is 5.92 Å². The van der Waals surface area contributed by atoms with Crippen LogP contribution in [0.15, 0.2) is 35.2 Å². The van der Waals surface area contributed by atoms with Crippen molar-refractivity contribution in [1.82, 2.24) is 0 Å². The van der Waals surface area contributed by atoms with Gasteiger partial charge in [-0.05, 0) is 59.8 Å². The fourth-order valence-electron chi connectivity index (χ4n) is 3.79. The Labute approximate surface area is 154 Å². The third kappa shape index (κ3) is 6.31. The van der Waals surface area contributed by atoms with E-state index in [9.17, 15) is 0 Å². The van der Waals surface area contributed by atoms with Crippen LogP contribution >= 0.6 is 11.8 Å². The molecule has 0 bridgehead atoms. The maximum atomic E-state index is 2.35. The second-order valence-electron chi connectivity index (χ2n) is 7.20. The van der Waals surface area contributed by atoms with E-state index < -0.39 is 0 Å². The molecule has 0 saturated heterocycles. The molecule has 0 amide bonds. The summed E-state index contributed by atoms with van der Waals surface area (Å²) < 4.78 is 0. The molecular formula is C23H36S. The first-order valence-electron chi connectivity index (χ1n) is 10.3. The molecule has 0 N–H and O–H groups in total. The lowest BCUT2D eigenvalue weighted by atomic mass is 9.80. The monoisotopic (exact) mass is 344 g/mol. The lowest BCUT2D eigenvalue weighted by Crippen LogP contribution is -2.10. The fourth-order valence-corrected chi connectivity index (χ4v) is 5.20. The first-order chi connectivity index (χ1) is 11.9. The summed E-state index contributed by atoms with van der Waals surface area (Å²) in [4.78, 5) is 1.72. The third-order valence-corrected chi connectivity index (χ3v) is 6.45. The van der Waals surface area contributed by atoms with Crippen LogP contribution in [-0.2, 0) is 0 Å². The van der Waals surface area contributed by atoms with E-state index in [1.807, 2.05) is 0 Å². The Hall–Kier alpha value is -0.690. The first kappa shape index (κ1) is 19.6. The fraction of sp³-hybridized carbons (Fsp3) is 0.652. The lowest BCUT2D eigenvalue weighted by Gasteiger charge is -2.28. The number of allylic oxidation sites excluding steroid dienone is 2. The molecule has 0 heterocycles. The minimum absolute atomic E-state index is 0.798. The predicted molar refractivity (Wildman–Crippen MR) is 111 cm³/mol. The summed E-state index contributed by atoms with van der Waals surface area (Å²) in [7, 11) is 0. The van der Waals surface area contributed by atoms with Crippen molar-refractivity contribution in [1.29, 1.82) is 0 Å². The summed E-state index contributed by atoms with van der Waals surface area (Å²) in [6, 6.07) is 11.3. The molecule has 0 nitrogen and oxygen atoms in total. The van der Waals surface area contributed by atoms with Gasteiger partial charge >= 0.3 is 0 Å². The van der Waals surface area contributed by atoms with Crippen LogP contribution in [0.3, 0.4) is 0 Å². The summed E-state index contributed by atoms with van der Waals surface area (Å²) in [5, 5.41) is 0. The Bertz CT molecular complexity index is 456. The van der Waals surface area contributed by atoms with Crippen LogP contribution in [0.25, 0.3) is 5.57 Å². The highest BCUT2D eigenvalue weighted by Crippen LogP contribution is 2.42. The Morgan fingerprint density at radius 3 is 2.29 bits per heavy atom. The summed E-state index contributed by atoms with van der Waals surface area (Å²) in [6.45, 7) is 4.62. The van der Waals surface area contributed by atoms with E-state index >= 15 is 0 Å². The average Bonchev–Trinajstić information content (AvgIpc) is 2.64. The number of hydrogen-bond acceptors (Lipinski definition) is 1. The van der Waals surface area contributed by atoms with E-state index in [-0.39, 0.29) is 0 Å². The zero-order valence-corrected chi connectivity index (χ0v) is 16.7. The van der Waals surface area contributed by atoms with Crippen LogP contribution < -0.4 is 0 Å². The highest BCUT2D eigenvalue weighted by molar-refractivity contribution is 8.03. The van der Waals surface area contributed by atoms with Gasteiger partial charge < -0.3 is 0 Å². The number of hydrogen-bond donors (Lipinski definition) is 0. The molecule has 1 saturated carbocycles. The Balaban J connectivity index is 2.28. The summed E-state index contributed by atoms with van der Waals surface area (Å²) in [5.41, 5.74) is 3.22. The van der Waals surface area contributed by atoms with E-state index in [2.05, 4.69) is 55.9 Å². The molecule has 1 aromatic carbocycles. The van der Waals surface area contributed by atoms with Crippen molar-refractivity contribution in [2.45, 2.75) is 84.5 Å². The van der Waals surface area contributed by atoms with Crippen LogP contribution in [0, 0.1) is 5.92 Å². The van der Waals surface area contributed by atoms with Crippen molar-refractivity contribution in [3.05, 3.63) is 40.8 Å². The molecule has 1 aliphatic carbocycles. The molecule has 2 rings (SSSR count). The number of benzene rings is 1. The molecule has 0 spiro atoms. The van der Waals surface area contributed by atoms with Crippen molar-refractivity contribution in [2.75, 3.05) is 5.75 Å². The molecule has 1 heteroatoms. The van der Waals surface area contributed by atoms with E-state index in [4.69, 9.17) is 0 Å². The molecule has 0 aliphatic heterocycles. The summed E-state index contributed by atoms with van der Waals surface area (Å²) >= 11 is 2.17. The van der Waals surface area contributed by atoms with Crippen LogP contribution in [0.5, 0.6) is 0 Å². The van der Waals surface area contributed by atoms with Gasteiger partial charge in [-0.3, -0.25) is 0 Å². The Morgan fingerprint density at radius 1 is 0.917 bits per heavy atom. The highest BCUT2D eigenvalue weighted by atomic mass is 32.2. The molecule has 0 aromatic heterocycles. The van der Waals surface area contributed by atoms with Gasteiger partial charge in [-0.2, -0.15) is 0 Å². The molecule has 0 atom stereocenters. The van der Waals surface area contributed by atoms with Gasteiger partial charge in [0, 0.05) is 0 Å². The van der Waals surface area contributed by atoms with Gasteiger partial charge in [0.25, 0.3) is 0 Å². The second kappa shape index (κ2) is 11.8. The van der Waals surface area contributed by atoms with Crippen molar-refractivity contribution in [2.24, 2.45) is 5.92 Å². The highest BCUT2D eigenvalue weighted by Gasteiger charge is 2.22. The van der Waals surface area contributed by atoms with Gasteiger partial charge in [0.2, 0.25) is 0 Å². The molecule has 0 radical (unpaired) electrons. The largest absolute Gasteiger partial charge is 0.130 e. The van der Waals surface area contributed by atoms with E-state index in [0.29, 0.717) is 0 Å². The molecule has 1 aliphatic rings. The topological polar surface area (TPSA) is 0 Å². The van der Waals surface area contributed by atoms with Gasteiger partial charge in [-0.15, -0.1) is 11.8 Å². The van der Waals surface area contributed by atoms with Gasteiger partial charge in [0.05, 0.1) is 0 Å². The SMILES string of the molecule is CCCCC/C(SCCCC)=C(/c1ccccc1)C1CCCCC1. The maximum absolute atomic E-state index is 2.35. The number of thioether (sulfide) groups is 1. The smallest absolute Gasteiger partial charge is 0.00232 e. The molecule has 134 valence electrons. The van der Waals surface area contributed by atoms with Crippen LogP contribution in [0.1, 0.15) is 90.0 Å². The maximum Gasteiger partial charge on any atom is -0.00232 e. The molecule has 24 heavy (non-hydrogen) atoms. The Kier molecular flexibility index (Phi) is 9.65. The molecule has 0 unspecified atom stereocenters. The van der Waals surface area contributed by atoms with Gasteiger partial charge in [-0.25, -0.2) is 0 Å². The van der Waals surface area contributed by atoms with Crippen LogP contribution in [-0.4, -0.2) is 5.75 Å². The lowest BCUT2D eigenvalue weighted by molar-refractivity contribution is 0.428. The molecule has 1 aromatic rings. The quantitative estimate of drug-likeness (QED) is 0.386. The second-order valence-corrected chi connectivity index (χ2v) is 8.39. The van der Waals surface area contributed by atoms with Crippen molar-refractivity contribution in [3.8, 4) is 0 Å². The van der Waals surface area contributed by atoms with Gasteiger partial charge in [-0.1, -0.05) is 82.7 Å². The molecule has 1 fully saturated rings. The predicted octanol–water partition coefficient (Wildman–Crippen LogP) is 8.09. The zero-order valence-electron chi connectivity index (χ0n) is 15.9. The minimum atomic E-state index is 0.798. The normalized spacial score (nSPS) is 16.9. The van der Waals surface area contributed by atoms with E-state index in [1.165, 1.54) is 81.9 Å². The third-order valence-electron chi connectivity index (χ3n) is 5.18. The standard InChI is InChI=1S/C23H36S/c1-3-5-9-18-22(24-19-6-4-2)23(20-14-10-7-11-15-20)21-16-12-8-13-17-21/h7,10-11,14-15,21H,3-6,8-9,12-13,16-19H2,1-2H3/b23-22+. The number of unbranched alkanes of at least 4 members (excludes halogenated alkanes) is 3. The van der Waals surface area contributed by atoms with Crippen molar-refractivity contribution < 1.29 is 0 Å². The molecular weight excluding hydrogens is 308 g/mol. The zero-order chi connectivity index (χ0) is 17.0. The first-order valence-corrected chi connectivity index (χ1v) is 11.3. The van der Waals surface area contributed by atoms with Crippen LogP contribution in [0.2, 0.25) is 0 Å². The summed E-state index contributed by atoms with van der Waals surface area (Å²) in [5.74, 6) is 2.09. The van der Waals surface area contributed by atoms with Crippen molar-refractivity contribution in [3.63, 3.8) is 0 Å². The average molecular weight is 345 g/mol. The van der Waals surface area contributed by atoms with Gasteiger partial charge in [0.1, 0.15) is 0 Å². The number of rotatable bonds is 10. The van der Waals surface area contributed by atoms with Crippen LogP contribution in [0.4, 0.5) is 0 Å². The van der Waals surface area contributed by atoms with E-state index in [1.54, 1.807) is 10.5 Å².